The van der Waals surface area contributed by atoms with E-state index in [9.17, 15) is 4.39 Å². The summed E-state index contributed by atoms with van der Waals surface area (Å²) in [6.45, 7) is 0.526. The predicted molar refractivity (Wildman–Crippen MR) is 61.9 cm³/mol. The minimum atomic E-state index is -0.243. The van der Waals surface area contributed by atoms with E-state index in [0.717, 1.165) is 12.8 Å². The molecule has 0 heterocycles. The molecular weight excluding hydrogens is 205 g/mol. The monoisotopic (exact) mass is 223 g/mol. The van der Waals surface area contributed by atoms with Gasteiger partial charge < -0.3 is 10.5 Å². The highest BCUT2D eigenvalue weighted by Gasteiger charge is 2.28. The van der Waals surface area contributed by atoms with Crippen molar-refractivity contribution < 1.29 is 9.13 Å². The van der Waals surface area contributed by atoms with Gasteiger partial charge in [0.15, 0.2) is 0 Å². The van der Waals surface area contributed by atoms with Gasteiger partial charge in [-0.15, -0.1) is 0 Å². The van der Waals surface area contributed by atoms with Crippen molar-refractivity contribution in [2.24, 2.45) is 5.73 Å². The SMILES string of the molecule is NC1(COc2ccc(F)cc2)CCCCC1. The van der Waals surface area contributed by atoms with Crippen molar-refractivity contribution in [3.05, 3.63) is 30.1 Å². The van der Waals surface area contributed by atoms with E-state index in [1.807, 2.05) is 0 Å². The fourth-order valence-corrected chi connectivity index (χ4v) is 2.16. The second-order valence-electron chi connectivity index (χ2n) is 4.67. The number of hydrogen-bond acceptors (Lipinski definition) is 2. The molecule has 0 spiro atoms. The molecule has 1 fully saturated rings. The van der Waals surface area contributed by atoms with Gasteiger partial charge in [0.25, 0.3) is 0 Å². The van der Waals surface area contributed by atoms with Crippen LogP contribution in [0.15, 0.2) is 24.3 Å². The molecule has 3 heteroatoms. The van der Waals surface area contributed by atoms with Crippen LogP contribution in [0.1, 0.15) is 32.1 Å². The molecule has 1 aromatic carbocycles. The molecule has 2 nitrogen and oxygen atoms in total. The molecule has 0 aliphatic heterocycles. The van der Waals surface area contributed by atoms with E-state index in [-0.39, 0.29) is 11.4 Å². The lowest BCUT2D eigenvalue weighted by Crippen LogP contribution is -2.47. The summed E-state index contributed by atoms with van der Waals surface area (Å²) in [6, 6.07) is 6.09. The molecule has 2 N–H and O–H groups in total. The van der Waals surface area contributed by atoms with Crippen molar-refractivity contribution in [2.75, 3.05) is 6.61 Å². The van der Waals surface area contributed by atoms with Gasteiger partial charge in [0.05, 0.1) is 5.54 Å². The Morgan fingerprint density at radius 3 is 2.38 bits per heavy atom. The van der Waals surface area contributed by atoms with E-state index in [1.54, 1.807) is 12.1 Å². The van der Waals surface area contributed by atoms with Gasteiger partial charge in [-0.1, -0.05) is 19.3 Å². The molecule has 0 unspecified atom stereocenters. The summed E-state index contributed by atoms with van der Waals surface area (Å²) in [7, 11) is 0. The first-order valence-corrected chi connectivity index (χ1v) is 5.85. The van der Waals surface area contributed by atoms with Gasteiger partial charge in [-0.25, -0.2) is 4.39 Å². The Kier molecular flexibility index (Phi) is 3.44. The Balaban J connectivity index is 1.88. The third kappa shape index (κ3) is 2.95. The smallest absolute Gasteiger partial charge is 0.123 e. The molecule has 0 bridgehead atoms. The maximum atomic E-state index is 12.7. The third-order valence-corrected chi connectivity index (χ3v) is 3.19. The van der Waals surface area contributed by atoms with Crippen LogP contribution in [0, 0.1) is 5.82 Å². The molecule has 1 aromatic rings. The molecule has 0 amide bonds. The molecule has 1 saturated carbocycles. The van der Waals surface area contributed by atoms with E-state index >= 15 is 0 Å². The lowest BCUT2D eigenvalue weighted by atomic mass is 9.83. The highest BCUT2D eigenvalue weighted by Crippen LogP contribution is 2.26. The van der Waals surface area contributed by atoms with E-state index in [4.69, 9.17) is 10.5 Å². The average molecular weight is 223 g/mol. The largest absolute Gasteiger partial charge is 0.492 e. The summed E-state index contributed by atoms with van der Waals surface area (Å²) < 4.78 is 18.3. The van der Waals surface area contributed by atoms with Crippen LogP contribution in [0.5, 0.6) is 5.75 Å². The van der Waals surface area contributed by atoms with Gasteiger partial charge in [-0.2, -0.15) is 0 Å². The van der Waals surface area contributed by atoms with Crippen LogP contribution < -0.4 is 10.5 Å². The Hall–Kier alpha value is -1.09. The van der Waals surface area contributed by atoms with E-state index in [2.05, 4.69) is 0 Å². The summed E-state index contributed by atoms with van der Waals surface area (Å²) in [6.07, 6.45) is 5.68. The third-order valence-electron chi connectivity index (χ3n) is 3.19. The first kappa shape index (κ1) is 11.4. The lowest BCUT2D eigenvalue weighted by Gasteiger charge is -2.33. The van der Waals surface area contributed by atoms with Crippen LogP contribution in [-0.2, 0) is 0 Å². The molecule has 0 atom stereocenters. The minimum Gasteiger partial charge on any atom is -0.492 e. The number of ether oxygens (including phenoxy) is 1. The van der Waals surface area contributed by atoms with Crippen LogP contribution in [0.4, 0.5) is 4.39 Å². The zero-order valence-corrected chi connectivity index (χ0v) is 9.42. The van der Waals surface area contributed by atoms with Gasteiger partial charge >= 0.3 is 0 Å². The van der Waals surface area contributed by atoms with E-state index in [0.29, 0.717) is 12.4 Å². The summed E-state index contributed by atoms with van der Waals surface area (Å²) in [4.78, 5) is 0. The zero-order chi connectivity index (χ0) is 11.4. The standard InChI is InChI=1S/C13H18FNO/c14-11-4-6-12(7-5-11)16-10-13(15)8-2-1-3-9-13/h4-7H,1-3,8-10,15H2. The Morgan fingerprint density at radius 1 is 1.12 bits per heavy atom. The number of benzene rings is 1. The number of hydrogen-bond donors (Lipinski definition) is 1. The highest BCUT2D eigenvalue weighted by molar-refractivity contribution is 5.22. The Bertz CT molecular complexity index is 330. The molecule has 1 aliphatic rings. The average Bonchev–Trinajstić information content (AvgIpc) is 2.29. The summed E-state index contributed by atoms with van der Waals surface area (Å²) >= 11 is 0. The van der Waals surface area contributed by atoms with Gasteiger partial charge in [0.1, 0.15) is 18.2 Å². The molecule has 2 rings (SSSR count). The zero-order valence-electron chi connectivity index (χ0n) is 9.42. The van der Waals surface area contributed by atoms with Crippen molar-refractivity contribution >= 4 is 0 Å². The van der Waals surface area contributed by atoms with Crippen LogP contribution >= 0.6 is 0 Å². The topological polar surface area (TPSA) is 35.2 Å². The van der Waals surface area contributed by atoms with E-state index < -0.39 is 0 Å². The minimum absolute atomic E-state index is 0.188. The summed E-state index contributed by atoms with van der Waals surface area (Å²) in [5.41, 5.74) is 6.05. The summed E-state index contributed by atoms with van der Waals surface area (Å²) in [5.74, 6) is 0.448. The van der Waals surface area contributed by atoms with E-state index in [1.165, 1.54) is 31.4 Å². The second-order valence-corrected chi connectivity index (χ2v) is 4.67. The summed E-state index contributed by atoms with van der Waals surface area (Å²) in [5, 5.41) is 0. The molecule has 88 valence electrons. The van der Waals surface area contributed by atoms with Gasteiger partial charge in [0, 0.05) is 0 Å². The first-order chi connectivity index (χ1) is 7.68. The van der Waals surface area contributed by atoms with Crippen molar-refractivity contribution in [1.82, 2.24) is 0 Å². The maximum absolute atomic E-state index is 12.7. The fourth-order valence-electron chi connectivity index (χ4n) is 2.16. The van der Waals surface area contributed by atoms with Crippen molar-refractivity contribution in [3.63, 3.8) is 0 Å². The second kappa shape index (κ2) is 4.83. The lowest BCUT2D eigenvalue weighted by molar-refractivity contribution is 0.173. The highest BCUT2D eigenvalue weighted by atomic mass is 19.1. The Labute approximate surface area is 95.6 Å². The van der Waals surface area contributed by atoms with Crippen molar-refractivity contribution in [1.29, 1.82) is 0 Å². The molecule has 16 heavy (non-hydrogen) atoms. The van der Waals surface area contributed by atoms with Crippen LogP contribution in [-0.4, -0.2) is 12.1 Å². The predicted octanol–water partition coefficient (Wildman–Crippen LogP) is 2.87. The molecule has 0 radical (unpaired) electrons. The van der Waals surface area contributed by atoms with Gasteiger partial charge in [-0.3, -0.25) is 0 Å². The van der Waals surface area contributed by atoms with Crippen LogP contribution in [0.2, 0.25) is 0 Å². The first-order valence-electron chi connectivity index (χ1n) is 5.85. The van der Waals surface area contributed by atoms with Crippen molar-refractivity contribution in [2.45, 2.75) is 37.6 Å². The van der Waals surface area contributed by atoms with Gasteiger partial charge in [-0.05, 0) is 37.1 Å². The fraction of sp³-hybridized carbons (Fsp3) is 0.538. The molecular formula is C13H18FNO. The maximum Gasteiger partial charge on any atom is 0.123 e. The van der Waals surface area contributed by atoms with Crippen molar-refractivity contribution in [3.8, 4) is 5.75 Å². The number of nitrogens with two attached hydrogens (primary N) is 1. The molecule has 1 aliphatic carbocycles. The number of rotatable bonds is 3. The molecule has 0 saturated heterocycles. The quantitative estimate of drug-likeness (QED) is 0.855. The van der Waals surface area contributed by atoms with Crippen LogP contribution in [0.3, 0.4) is 0 Å². The normalized spacial score (nSPS) is 19.4. The van der Waals surface area contributed by atoms with Crippen LogP contribution in [0.25, 0.3) is 0 Å². The number of halogens is 1. The Morgan fingerprint density at radius 2 is 1.75 bits per heavy atom. The molecule has 0 aromatic heterocycles. The van der Waals surface area contributed by atoms with Gasteiger partial charge in [0.2, 0.25) is 0 Å².